The molecule has 1 aliphatic rings. The number of carbonyl (C=O) groups is 1. The van der Waals surface area contributed by atoms with E-state index in [0.717, 1.165) is 37.0 Å². The summed E-state index contributed by atoms with van der Waals surface area (Å²) in [5.41, 5.74) is 1.00. The molecule has 110 valence electrons. The number of amides is 2. The molecule has 5 nitrogen and oxygen atoms in total. The van der Waals surface area contributed by atoms with Gasteiger partial charge in [0.1, 0.15) is 5.75 Å². The van der Waals surface area contributed by atoms with E-state index < -0.39 is 6.10 Å². The number of methoxy groups -OCH3 is 1. The predicted octanol–water partition coefficient (Wildman–Crippen LogP) is 1.80. The first-order chi connectivity index (χ1) is 9.69. The molecule has 0 bridgehead atoms. The summed E-state index contributed by atoms with van der Waals surface area (Å²) in [4.78, 5) is 11.8. The van der Waals surface area contributed by atoms with Gasteiger partial charge in [-0.15, -0.1) is 0 Å². The van der Waals surface area contributed by atoms with E-state index in [1.54, 1.807) is 7.11 Å². The van der Waals surface area contributed by atoms with Crippen molar-refractivity contribution in [1.29, 1.82) is 0 Å². The smallest absolute Gasteiger partial charge is 0.315 e. The van der Waals surface area contributed by atoms with Crippen LogP contribution in [0.1, 0.15) is 31.2 Å². The molecule has 3 N–H and O–H groups in total. The topological polar surface area (TPSA) is 70.6 Å². The highest BCUT2D eigenvalue weighted by molar-refractivity contribution is 5.74. The van der Waals surface area contributed by atoms with Crippen molar-refractivity contribution in [3.63, 3.8) is 0 Å². The number of nitrogens with one attached hydrogen (secondary N) is 2. The Morgan fingerprint density at radius 3 is 2.65 bits per heavy atom. The second-order valence-electron chi connectivity index (χ2n) is 5.13. The number of hydrogen-bond acceptors (Lipinski definition) is 3. The number of aliphatic hydroxyl groups is 1. The highest BCUT2D eigenvalue weighted by Gasteiger charge is 2.24. The van der Waals surface area contributed by atoms with E-state index in [1.165, 1.54) is 0 Å². The van der Waals surface area contributed by atoms with Gasteiger partial charge >= 0.3 is 6.03 Å². The summed E-state index contributed by atoms with van der Waals surface area (Å²) < 4.78 is 5.08. The van der Waals surface area contributed by atoms with E-state index in [2.05, 4.69) is 10.6 Å². The lowest BCUT2D eigenvalue weighted by Crippen LogP contribution is -2.48. The van der Waals surface area contributed by atoms with Crippen LogP contribution in [0.5, 0.6) is 5.75 Å². The molecule has 0 heterocycles. The summed E-state index contributed by atoms with van der Waals surface area (Å²) in [6, 6.07) is 7.19. The summed E-state index contributed by atoms with van der Waals surface area (Å²) >= 11 is 0. The van der Waals surface area contributed by atoms with Crippen LogP contribution in [0.25, 0.3) is 0 Å². The maximum Gasteiger partial charge on any atom is 0.315 e. The summed E-state index contributed by atoms with van der Waals surface area (Å²) in [7, 11) is 1.62. The third-order valence-electron chi connectivity index (χ3n) is 3.66. The standard InChI is InChI=1S/C15H22N2O3/c1-20-12-8-6-11(7-9-12)10-16-15(19)17-13-4-2-3-5-14(13)18/h6-9,13-14,18H,2-5,10H2,1H3,(H2,16,17,19). The average Bonchev–Trinajstić information content (AvgIpc) is 2.48. The predicted molar refractivity (Wildman–Crippen MR) is 76.6 cm³/mol. The molecular weight excluding hydrogens is 256 g/mol. The van der Waals surface area contributed by atoms with Gasteiger partial charge in [-0.2, -0.15) is 0 Å². The zero-order valence-corrected chi connectivity index (χ0v) is 11.8. The van der Waals surface area contributed by atoms with Crippen molar-refractivity contribution in [2.45, 2.75) is 44.4 Å². The van der Waals surface area contributed by atoms with Gasteiger partial charge in [-0.1, -0.05) is 25.0 Å². The number of benzene rings is 1. The van der Waals surface area contributed by atoms with Crippen LogP contribution in [0.4, 0.5) is 4.79 Å². The fraction of sp³-hybridized carbons (Fsp3) is 0.533. The number of hydrogen-bond donors (Lipinski definition) is 3. The first-order valence-corrected chi connectivity index (χ1v) is 7.04. The monoisotopic (exact) mass is 278 g/mol. The van der Waals surface area contributed by atoms with Crippen LogP contribution in [0.3, 0.4) is 0 Å². The molecule has 5 heteroatoms. The third kappa shape index (κ3) is 4.13. The Kier molecular flexibility index (Phi) is 5.24. The van der Waals surface area contributed by atoms with Gasteiger partial charge in [0, 0.05) is 6.54 Å². The lowest BCUT2D eigenvalue weighted by Gasteiger charge is -2.28. The van der Waals surface area contributed by atoms with Crippen molar-refractivity contribution >= 4 is 6.03 Å². The summed E-state index contributed by atoms with van der Waals surface area (Å²) in [6.07, 6.45) is 3.28. The Hall–Kier alpha value is -1.75. The molecule has 1 aliphatic carbocycles. The Bertz CT molecular complexity index is 433. The molecule has 0 radical (unpaired) electrons. The Labute approximate surface area is 119 Å². The van der Waals surface area contributed by atoms with Gasteiger partial charge in [0.15, 0.2) is 0 Å². The average molecular weight is 278 g/mol. The number of urea groups is 1. The summed E-state index contributed by atoms with van der Waals surface area (Å²) in [6.45, 7) is 0.457. The van der Waals surface area contributed by atoms with Crippen molar-refractivity contribution in [3.05, 3.63) is 29.8 Å². The molecule has 0 spiro atoms. The number of aliphatic hydroxyl groups excluding tert-OH is 1. The first-order valence-electron chi connectivity index (χ1n) is 7.04. The van der Waals surface area contributed by atoms with Crippen LogP contribution >= 0.6 is 0 Å². The SMILES string of the molecule is COc1ccc(CNC(=O)NC2CCCCC2O)cc1. The van der Waals surface area contributed by atoms with E-state index in [-0.39, 0.29) is 12.1 Å². The molecule has 0 aromatic heterocycles. The van der Waals surface area contributed by atoms with Gasteiger partial charge in [0.25, 0.3) is 0 Å². The number of rotatable bonds is 4. The Balaban J connectivity index is 1.76. The summed E-state index contributed by atoms with van der Waals surface area (Å²) in [5, 5.41) is 15.4. The van der Waals surface area contributed by atoms with Crippen molar-refractivity contribution in [3.8, 4) is 5.75 Å². The van der Waals surface area contributed by atoms with Crippen LogP contribution in [-0.4, -0.2) is 30.4 Å². The Morgan fingerprint density at radius 2 is 2.00 bits per heavy atom. The van der Waals surface area contributed by atoms with E-state index in [0.29, 0.717) is 6.54 Å². The van der Waals surface area contributed by atoms with Gasteiger partial charge in [-0.05, 0) is 30.5 Å². The molecule has 2 rings (SSSR count). The van der Waals surface area contributed by atoms with Crippen LogP contribution in [0, 0.1) is 0 Å². The van der Waals surface area contributed by atoms with E-state index >= 15 is 0 Å². The molecule has 1 aromatic carbocycles. The van der Waals surface area contributed by atoms with Gasteiger partial charge in [-0.3, -0.25) is 0 Å². The normalized spacial score (nSPS) is 22.1. The first kappa shape index (κ1) is 14.7. The molecule has 1 fully saturated rings. The molecule has 20 heavy (non-hydrogen) atoms. The maximum atomic E-state index is 11.8. The van der Waals surface area contributed by atoms with Gasteiger partial charge in [0.05, 0.1) is 19.3 Å². The second kappa shape index (κ2) is 7.14. The molecule has 1 saturated carbocycles. The molecule has 0 saturated heterocycles. The number of carbonyl (C=O) groups excluding carboxylic acids is 1. The molecular formula is C15H22N2O3. The van der Waals surface area contributed by atoms with E-state index in [4.69, 9.17) is 4.74 Å². The highest BCUT2D eigenvalue weighted by atomic mass is 16.5. The van der Waals surface area contributed by atoms with Gasteiger partial charge in [0.2, 0.25) is 0 Å². The van der Waals surface area contributed by atoms with E-state index in [1.807, 2.05) is 24.3 Å². The lowest BCUT2D eigenvalue weighted by molar-refractivity contribution is 0.0943. The third-order valence-corrected chi connectivity index (χ3v) is 3.66. The largest absolute Gasteiger partial charge is 0.497 e. The zero-order valence-electron chi connectivity index (χ0n) is 11.8. The van der Waals surface area contributed by atoms with Crippen molar-refractivity contribution in [1.82, 2.24) is 10.6 Å². The van der Waals surface area contributed by atoms with Gasteiger partial charge < -0.3 is 20.5 Å². The van der Waals surface area contributed by atoms with Gasteiger partial charge in [-0.25, -0.2) is 4.79 Å². The van der Waals surface area contributed by atoms with Crippen LogP contribution < -0.4 is 15.4 Å². The minimum Gasteiger partial charge on any atom is -0.497 e. The summed E-state index contributed by atoms with van der Waals surface area (Å²) in [5.74, 6) is 0.795. The minimum absolute atomic E-state index is 0.125. The molecule has 0 aliphatic heterocycles. The Morgan fingerprint density at radius 1 is 1.30 bits per heavy atom. The van der Waals surface area contributed by atoms with E-state index in [9.17, 15) is 9.90 Å². The lowest BCUT2D eigenvalue weighted by atomic mass is 9.93. The minimum atomic E-state index is -0.421. The van der Waals surface area contributed by atoms with Crippen molar-refractivity contribution in [2.75, 3.05) is 7.11 Å². The molecule has 2 unspecified atom stereocenters. The molecule has 1 aromatic rings. The fourth-order valence-electron chi connectivity index (χ4n) is 2.42. The van der Waals surface area contributed by atoms with Crippen LogP contribution in [0.2, 0.25) is 0 Å². The van der Waals surface area contributed by atoms with Crippen LogP contribution in [-0.2, 0) is 6.54 Å². The number of ether oxygens (including phenoxy) is 1. The van der Waals surface area contributed by atoms with Crippen molar-refractivity contribution < 1.29 is 14.6 Å². The van der Waals surface area contributed by atoms with Crippen LogP contribution in [0.15, 0.2) is 24.3 Å². The second-order valence-corrected chi connectivity index (χ2v) is 5.13. The van der Waals surface area contributed by atoms with Crippen molar-refractivity contribution in [2.24, 2.45) is 0 Å². The quantitative estimate of drug-likeness (QED) is 0.786. The molecule has 2 atom stereocenters. The highest BCUT2D eigenvalue weighted by Crippen LogP contribution is 2.18. The molecule has 2 amide bonds. The zero-order chi connectivity index (χ0) is 14.4. The fourth-order valence-corrected chi connectivity index (χ4v) is 2.42. The maximum absolute atomic E-state index is 11.8.